The van der Waals surface area contributed by atoms with Gasteiger partial charge in [0.05, 0.1) is 0 Å². The Morgan fingerprint density at radius 2 is 2.08 bits per heavy atom. The second-order valence-corrected chi connectivity index (χ2v) is 4.10. The quantitative estimate of drug-likeness (QED) is 0.471. The van der Waals surface area contributed by atoms with E-state index in [1.807, 2.05) is 24.3 Å². The van der Waals surface area contributed by atoms with Gasteiger partial charge in [-0.1, -0.05) is 25.3 Å². The van der Waals surface area contributed by atoms with E-state index < -0.39 is 0 Å². The molecule has 2 fully saturated rings. The Balaban J connectivity index is 2.07. The molecule has 68 valence electrons. The van der Waals surface area contributed by atoms with Gasteiger partial charge in [0.15, 0.2) is 0 Å². The van der Waals surface area contributed by atoms with E-state index in [1.165, 1.54) is 0 Å². The lowest BCUT2D eigenvalue weighted by atomic mass is 9.80. The zero-order valence-electron chi connectivity index (χ0n) is 7.62. The lowest BCUT2D eigenvalue weighted by molar-refractivity contribution is 0.242. The van der Waals surface area contributed by atoms with Gasteiger partial charge in [-0.05, 0) is 19.1 Å². The Labute approximate surface area is 77.5 Å². The minimum absolute atomic E-state index is 0.125. The number of hydrogen-bond acceptors (Lipinski definition) is 2. The van der Waals surface area contributed by atoms with E-state index >= 15 is 0 Å². The van der Waals surface area contributed by atoms with E-state index in [4.69, 9.17) is 9.47 Å². The van der Waals surface area contributed by atoms with Crippen molar-refractivity contribution in [1.82, 2.24) is 0 Å². The highest BCUT2D eigenvalue weighted by Crippen LogP contribution is 2.65. The molecule has 0 bridgehead atoms. The van der Waals surface area contributed by atoms with Crippen LogP contribution in [0.4, 0.5) is 0 Å². The summed E-state index contributed by atoms with van der Waals surface area (Å²) in [4.78, 5) is 0. The largest absolute Gasteiger partial charge is 0.354 e. The molecule has 0 aromatic rings. The molecule has 4 unspecified atom stereocenters. The lowest BCUT2D eigenvalue weighted by Crippen LogP contribution is -2.33. The summed E-state index contributed by atoms with van der Waals surface area (Å²) in [5.74, 6) is 0. The van der Waals surface area contributed by atoms with Gasteiger partial charge in [-0.25, -0.2) is 0 Å². The molecule has 4 atom stereocenters. The molecule has 3 aliphatic rings. The molecule has 0 saturated carbocycles. The van der Waals surface area contributed by atoms with Crippen LogP contribution in [0.25, 0.3) is 0 Å². The van der Waals surface area contributed by atoms with Crippen molar-refractivity contribution in [3.05, 3.63) is 37.5 Å². The molecule has 2 nitrogen and oxygen atoms in total. The van der Waals surface area contributed by atoms with Crippen molar-refractivity contribution in [2.45, 2.75) is 29.8 Å². The van der Waals surface area contributed by atoms with Crippen LogP contribution >= 0.6 is 0 Å². The fourth-order valence-electron chi connectivity index (χ4n) is 2.41. The molecule has 0 radical (unpaired) electrons. The monoisotopic (exact) mass is 176 g/mol. The van der Waals surface area contributed by atoms with Crippen molar-refractivity contribution >= 4 is 0 Å². The van der Waals surface area contributed by atoms with Crippen LogP contribution in [0.1, 0.15) is 6.92 Å². The Morgan fingerprint density at radius 3 is 2.69 bits per heavy atom. The number of fused-ring (bicyclic) bond motifs is 3. The van der Waals surface area contributed by atoms with E-state index in [-0.39, 0.29) is 22.9 Å². The summed E-state index contributed by atoms with van der Waals surface area (Å²) in [6.07, 6.45) is 7.87. The molecular weight excluding hydrogens is 164 g/mol. The Hall–Kier alpha value is -0.860. The minimum atomic E-state index is -0.277. The lowest BCUT2D eigenvalue weighted by Gasteiger charge is -2.13. The van der Waals surface area contributed by atoms with E-state index in [2.05, 4.69) is 20.1 Å². The zero-order chi connectivity index (χ0) is 9.32. The van der Waals surface area contributed by atoms with Crippen molar-refractivity contribution in [3.8, 4) is 0 Å². The highest BCUT2D eigenvalue weighted by molar-refractivity contribution is 5.48. The molecule has 2 aliphatic heterocycles. The van der Waals surface area contributed by atoms with Gasteiger partial charge < -0.3 is 9.47 Å². The molecule has 2 saturated heterocycles. The number of ether oxygens (including phenoxy) is 2. The molecule has 2 heteroatoms. The van der Waals surface area contributed by atoms with E-state index in [9.17, 15) is 0 Å². The highest BCUT2D eigenvalue weighted by atomic mass is 16.7. The van der Waals surface area contributed by atoms with Crippen molar-refractivity contribution in [2.75, 3.05) is 0 Å². The second-order valence-electron chi connectivity index (χ2n) is 4.10. The summed E-state index contributed by atoms with van der Waals surface area (Å²) in [7, 11) is 0. The maximum atomic E-state index is 5.71. The maximum Gasteiger partial charge on any atom is 0.137 e. The topological polar surface area (TPSA) is 25.1 Å². The van der Waals surface area contributed by atoms with Crippen LogP contribution in [0.3, 0.4) is 0 Å². The van der Waals surface area contributed by atoms with E-state index in [0.717, 1.165) is 0 Å². The van der Waals surface area contributed by atoms with Crippen LogP contribution in [-0.4, -0.2) is 22.9 Å². The summed E-state index contributed by atoms with van der Waals surface area (Å²) in [6.45, 7) is 9.62. The third kappa shape index (κ3) is 0.578. The molecule has 3 rings (SSSR count). The van der Waals surface area contributed by atoms with Gasteiger partial charge in [0.1, 0.15) is 22.9 Å². The van der Waals surface area contributed by atoms with Crippen molar-refractivity contribution in [2.24, 2.45) is 0 Å². The van der Waals surface area contributed by atoms with Crippen molar-refractivity contribution in [3.63, 3.8) is 0 Å². The Morgan fingerprint density at radius 1 is 1.31 bits per heavy atom. The fourth-order valence-corrected chi connectivity index (χ4v) is 2.41. The van der Waals surface area contributed by atoms with Crippen LogP contribution in [-0.2, 0) is 9.47 Å². The van der Waals surface area contributed by atoms with Crippen LogP contribution in [0.15, 0.2) is 37.5 Å². The Bertz CT molecular complexity index is 346. The fraction of sp³-hybridized carbons (Fsp3) is 0.455. The van der Waals surface area contributed by atoms with Crippen molar-refractivity contribution < 1.29 is 9.47 Å². The molecule has 0 amide bonds. The first-order chi connectivity index (χ1) is 6.12. The summed E-state index contributed by atoms with van der Waals surface area (Å²) in [6, 6.07) is 0. The van der Waals surface area contributed by atoms with Gasteiger partial charge in [-0.3, -0.25) is 0 Å². The SMILES string of the molecule is C=CC12C=CC3(C=C)OC3(C)C1O2. The van der Waals surface area contributed by atoms with Crippen molar-refractivity contribution in [1.29, 1.82) is 0 Å². The average molecular weight is 176 g/mol. The molecule has 0 spiro atoms. The predicted molar refractivity (Wildman–Crippen MR) is 49.4 cm³/mol. The minimum Gasteiger partial charge on any atom is -0.354 e. The smallest absolute Gasteiger partial charge is 0.137 e. The van der Waals surface area contributed by atoms with Gasteiger partial charge >= 0.3 is 0 Å². The summed E-state index contributed by atoms with van der Waals surface area (Å²) < 4.78 is 11.3. The molecule has 0 aromatic carbocycles. The van der Waals surface area contributed by atoms with E-state index in [0.29, 0.717) is 0 Å². The first-order valence-corrected chi connectivity index (χ1v) is 4.48. The summed E-state index contributed by atoms with van der Waals surface area (Å²) in [5, 5.41) is 0. The Kier molecular flexibility index (Phi) is 0.972. The molecule has 0 N–H and O–H groups in total. The van der Waals surface area contributed by atoms with Gasteiger partial charge in [0.25, 0.3) is 0 Å². The van der Waals surface area contributed by atoms with Crippen LogP contribution in [0.2, 0.25) is 0 Å². The zero-order valence-corrected chi connectivity index (χ0v) is 7.62. The van der Waals surface area contributed by atoms with Crippen LogP contribution in [0, 0.1) is 0 Å². The standard InChI is InChI=1S/C11H12O2/c1-4-10-6-7-11(5-2)9(3,13-11)8(10)12-10/h4-8H,1-2H2,3H3. The van der Waals surface area contributed by atoms with Crippen LogP contribution < -0.4 is 0 Å². The van der Waals surface area contributed by atoms with Gasteiger partial charge in [0.2, 0.25) is 0 Å². The normalized spacial score (nSPS) is 60.5. The average Bonchev–Trinajstić information content (AvgIpc) is 2.96. The molecule has 2 heterocycles. The molecule has 1 aliphatic carbocycles. The summed E-state index contributed by atoms with van der Waals surface area (Å²) in [5.41, 5.74) is -0.740. The predicted octanol–water partition coefficient (Wildman–Crippen LogP) is 1.59. The molecule has 0 aromatic heterocycles. The first-order valence-electron chi connectivity index (χ1n) is 4.48. The molecule has 13 heavy (non-hydrogen) atoms. The van der Waals surface area contributed by atoms with Crippen LogP contribution in [0.5, 0.6) is 0 Å². The van der Waals surface area contributed by atoms with Gasteiger partial charge in [-0.2, -0.15) is 0 Å². The van der Waals surface area contributed by atoms with Gasteiger partial charge in [-0.15, -0.1) is 0 Å². The summed E-state index contributed by atoms with van der Waals surface area (Å²) >= 11 is 0. The highest BCUT2D eigenvalue weighted by Gasteiger charge is 2.80. The first kappa shape index (κ1) is 7.54. The number of epoxide rings is 2. The third-order valence-electron chi connectivity index (χ3n) is 3.50. The van der Waals surface area contributed by atoms with E-state index in [1.54, 1.807) is 0 Å². The number of hydrogen-bond donors (Lipinski definition) is 0. The van der Waals surface area contributed by atoms with Gasteiger partial charge in [0, 0.05) is 0 Å². The maximum absolute atomic E-state index is 5.71. The molecular formula is C11H12O2. The number of rotatable bonds is 2. The second kappa shape index (κ2) is 1.68. The third-order valence-corrected chi connectivity index (χ3v) is 3.50.